The molecule has 0 saturated heterocycles. The molecule has 93 heavy (non-hydrogen) atoms. The average molecular weight is 1420 g/mol. The first-order valence-electron chi connectivity index (χ1n) is 29.9. The van der Waals surface area contributed by atoms with Gasteiger partial charge in [-0.05, 0) is 19.3 Å². The van der Waals surface area contributed by atoms with Gasteiger partial charge >= 0.3 is 19.8 Å². The first-order chi connectivity index (χ1) is 44.1. The van der Waals surface area contributed by atoms with Gasteiger partial charge in [-0.2, -0.15) is 56.0 Å². The van der Waals surface area contributed by atoms with Gasteiger partial charge in [-0.1, -0.05) is 90.4 Å². The number of aliphatic carboxylic acids is 2. The van der Waals surface area contributed by atoms with Crippen molar-refractivity contribution in [1.29, 1.82) is 0 Å². The Morgan fingerprint density at radius 2 is 0.839 bits per heavy atom. The van der Waals surface area contributed by atoms with Crippen LogP contribution in [0.2, 0.25) is 0 Å². The molecule has 0 fully saturated rings. The van der Waals surface area contributed by atoms with E-state index in [4.69, 9.17) is 21.4 Å². The highest BCUT2D eigenvalue weighted by Gasteiger charge is 2.33. The summed E-state index contributed by atoms with van der Waals surface area (Å²) in [7, 11) is -5.35. The average Bonchev–Trinajstić information content (AvgIpc) is 1.11. The number of carboxylic acid groups (broad SMARTS) is 2. The molecule has 11 amide bonds. The van der Waals surface area contributed by atoms with E-state index in [1.165, 1.54) is 64.2 Å². The van der Waals surface area contributed by atoms with E-state index in [2.05, 4.69) is 115 Å². The fourth-order valence-corrected chi connectivity index (χ4v) is 9.25. The zero-order valence-corrected chi connectivity index (χ0v) is 56.2. The van der Waals surface area contributed by atoms with Gasteiger partial charge in [0, 0.05) is 29.6 Å². The van der Waals surface area contributed by atoms with E-state index >= 15 is 0 Å². The van der Waals surface area contributed by atoms with Crippen LogP contribution in [-0.4, -0.2) is 232 Å². The fourth-order valence-electron chi connectivity index (χ4n) is 7.90. The number of carbonyl (C=O) groups is 13. The SMILES string of the molecule is CCCCCCCCCCCCCCCCON[C@@H](CS)C(=O)N[C@@H](CS)C(=O)N[C@@H](CS)C(=O)N[C@@H](CS)C(=O)NCC(=O)NCC(=O)NCC(=O)N[C@@H](COP(=O)(O)O)C(=O)N[C@@H](CCCN=C(N)N)C(=O)NCC(=O)N[C@@H](CC(=O)O)C(=O)N[C@@H](CO)C(=O)O. The van der Waals surface area contributed by atoms with E-state index in [0.29, 0.717) is 6.61 Å². The van der Waals surface area contributed by atoms with E-state index in [0.717, 1.165) is 25.7 Å². The number of aliphatic hydroxyl groups is 1. The predicted octanol–water partition coefficient (Wildman–Crippen LogP) is -5.35. The molecule has 0 aromatic heterocycles. The summed E-state index contributed by atoms with van der Waals surface area (Å²) >= 11 is 16.6. The van der Waals surface area contributed by atoms with E-state index in [9.17, 15) is 86.9 Å². The molecule has 0 aliphatic heterocycles. The van der Waals surface area contributed by atoms with Crippen LogP contribution in [0.15, 0.2) is 4.99 Å². The summed E-state index contributed by atoms with van der Waals surface area (Å²) in [6.45, 7) is -3.45. The highest BCUT2D eigenvalue weighted by atomic mass is 32.1. The summed E-state index contributed by atoms with van der Waals surface area (Å²) < 4.78 is 16.0. The Labute approximate surface area is 560 Å². The number of hydroxylamine groups is 1. The molecule has 0 rings (SSSR count). The maximum absolute atomic E-state index is 13.5. The number of nitrogens with one attached hydrogen (secondary N) is 12. The van der Waals surface area contributed by atoms with Crippen molar-refractivity contribution in [2.45, 2.75) is 164 Å². The van der Waals surface area contributed by atoms with Crippen LogP contribution < -0.4 is 75.4 Å². The number of carboxylic acids is 2. The first-order valence-corrected chi connectivity index (χ1v) is 33.9. The van der Waals surface area contributed by atoms with Crippen LogP contribution in [0, 0.1) is 0 Å². The Morgan fingerprint density at radius 1 is 0.462 bits per heavy atom. The molecular formula is C52H94N15O21PS4. The fraction of sp³-hybridized carbons (Fsp3) is 0.731. The standard InChI is InChI=1S/C52H94N15O21PS4/c1-2-3-4-5-6-7-8-9-10-11-12-13-14-15-19-87-67-38(30-93)50(81)66-37(29-92)49(80)65-36(28-91)48(79)64-35(27-90)45(76)58-22-40(70)56-21-39(69)57-23-41(71)61-34(26-88-89(84,85)86)47(78)62-31(17-16-18-55-52(53)54)44(75)59-24-42(72)60-32(20-43(73)74)46(77)63-33(25-68)51(82)83/h31-38,67-68,90-93H,2-30H2,1H3,(H,56,70)(H,57,69)(H,58,76)(H,59,75)(H,60,72)(H,61,71)(H,62,78)(H,63,77)(H,64,79)(H,65,80)(H,66,81)(H,73,74)(H,82,83)(H4,53,54,55)(H2,84,85,86)/t31-,32-,33-,34-,35-,36-,37-,38-/m0/s1. The minimum atomic E-state index is -5.35. The lowest BCUT2D eigenvalue weighted by molar-refractivity contribution is -0.144. The minimum absolute atomic E-state index is 0.0158. The summed E-state index contributed by atoms with van der Waals surface area (Å²) in [5.74, 6) is -15.9. The van der Waals surface area contributed by atoms with Crippen LogP contribution in [0.5, 0.6) is 0 Å². The van der Waals surface area contributed by atoms with E-state index in [1.54, 1.807) is 0 Å². The Hall–Kier alpha value is -6.23. The molecule has 0 aromatic rings. The molecule has 0 aromatic carbocycles. The highest BCUT2D eigenvalue weighted by molar-refractivity contribution is 7.80. The number of rotatable bonds is 54. The van der Waals surface area contributed by atoms with Crippen molar-refractivity contribution in [2.75, 3.05) is 75.6 Å². The summed E-state index contributed by atoms with van der Waals surface area (Å²) in [5.41, 5.74) is 13.3. The second kappa shape index (κ2) is 51.2. The third kappa shape index (κ3) is 42.7. The molecule has 8 atom stereocenters. The number of aliphatic imine (C=N–C) groups is 1. The number of hydrogen-bond acceptors (Lipinski definition) is 23. The van der Waals surface area contributed by atoms with Crippen molar-refractivity contribution in [3.63, 3.8) is 0 Å². The van der Waals surface area contributed by atoms with Crippen molar-refractivity contribution < 1.29 is 101 Å². The highest BCUT2D eigenvalue weighted by Crippen LogP contribution is 2.35. The van der Waals surface area contributed by atoms with E-state index in [1.807, 2.05) is 16.0 Å². The lowest BCUT2D eigenvalue weighted by atomic mass is 10.0. The van der Waals surface area contributed by atoms with Crippen LogP contribution in [0.25, 0.3) is 0 Å². The summed E-state index contributed by atoms with van der Waals surface area (Å²) in [6, 6.07) is -12.4. The van der Waals surface area contributed by atoms with E-state index < -0.39 is 179 Å². The second-order valence-corrected chi connectivity index (χ2v) is 23.4. The number of phosphoric ester groups is 1. The molecule has 0 spiro atoms. The molecule has 532 valence electrons. The van der Waals surface area contributed by atoms with Crippen molar-refractivity contribution in [3.8, 4) is 0 Å². The molecule has 0 heterocycles. The topological polar surface area (TPSA) is 567 Å². The Balaban J connectivity index is 5.36. The number of nitrogens with zero attached hydrogens (tertiary/aromatic N) is 1. The van der Waals surface area contributed by atoms with Crippen LogP contribution in [0.1, 0.15) is 116 Å². The normalized spacial score (nSPS) is 13.7. The number of nitrogens with two attached hydrogens (primary N) is 2. The van der Waals surface area contributed by atoms with Crippen LogP contribution in [-0.2, 0) is 76.3 Å². The van der Waals surface area contributed by atoms with Gasteiger partial charge in [0.25, 0.3) is 0 Å². The maximum Gasteiger partial charge on any atom is 0.469 e. The van der Waals surface area contributed by atoms with Crippen LogP contribution in [0.3, 0.4) is 0 Å². The predicted molar refractivity (Wildman–Crippen MR) is 349 cm³/mol. The van der Waals surface area contributed by atoms with Crippen molar-refractivity contribution in [3.05, 3.63) is 0 Å². The summed E-state index contributed by atoms with van der Waals surface area (Å²) in [4.78, 5) is 193. The first kappa shape index (κ1) is 86.8. The van der Waals surface area contributed by atoms with Gasteiger partial charge in [0.05, 0.1) is 52.4 Å². The van der Waals surface area contributed by atoms with Crippen molar-refractivity contribution in [1.82, 2.24) is 64.0 Å². The number of carbonyl (C=O) groups excluding carboxylic acids is 11. The number of aliphatic hydroxyl groups excluding tert-OH is 1. The zero-order chi connectivity index (χ0) is 70.3. The van der Waals surface area contributed by atoms with Gasteiger partial charge in [-0.3, -0.25) is 67.1 Å². The molecule has 21 N–H and O–H groups in total. The molecule has 0 saturated carbocycles. The third-order valence-corrected chi connectivity index (χ3v) is 14.9. The lowest BCUT2D eigenvalue weighted by Gasteiger charge is -2.24. The van der Waals surface area contributed by atoms with Gasteiger partial charge in [-0.15, -0.1) is 0 Å². The van der Waals surface area contributed by atoms with Gasteiger partial charge in [0.2, 0.25) is 65.0 Å². The molecule has 0 bridgehead atoms. The van der Waals surface area contributed by atoms with Gasteiger partial charge in [0.1, 0.15) is 48.3 Å². The maximum atomic E-state index is 13.5. The third-order valence-electron chi connectivity index (χ3n) is 13.0. The monoisotopic (exact) mass is 1420 g/mol. The van der Waals surface area contributed by atoms with Crippen molar-refractivity contribution in [2.24, 2.45) is 16.5 Å². The molecule has 0 radical (unpaired) electrons. The summed E-state index contributed by atoms with van der Waals surface area (Å²) in [6.07, 6.45) is 15.3. The quantitative estimate of drug-likeness (QED) is 0.00675. The molecule has 0 unspecified atom stereocenters. The molecule has 36 nitrogen and oxygen atoms in total. The smallest absolute Gasteiger partial charge is 0.469 e. The number of guanidine groups is 1. The molecule has 41 heteroatoms. The Bertz CT molecular complexity index is 2470. The lowest BCUT2D eigenvalue weighted by Crippen LogP contribution is -2.59. The second-order valence-electron chi connectivity index (χ2n) is 20.7. The largest absolute Gasteiger partial charge is 0.481 e. The Kier molecular flexibility index (Phi) is 47.7. The number of unbranched alkanes of at least 4 members (excludes halogenated alkanes) is 13. The van der Waals surface area contributed by atoms with Crippen LogP contribution in [0.4, 0.5) is 0 Å². The molecular weight excluding hydrogens is 1330 g/mol. The minimum Gasteiger partial charge on any atom is -0.481 e. The Morgan fingerprint density at radius 3 is 1.28 bits per heavy atom. The number of thiol groups is 4. The van der Waals surface area contributed by atoms with Gasteiger partial charge < -0.3 is 99.9 Å². The molecule has 0 aliphatic carbocycles. The van der Waals surface area contributed by atoms with E-state index in [-0.39, 0.29) is 48.4 Å². The van der Waals surface area contributed by atoms with Crippen LogP contribution >= 0.6 is 58.3 Å². The molecule has 0 aliphatic rings. The number of phosphoric acid groups is 1. The number of hydrogen-bond donors (Lipinski definition) is 23. The van der Waals surface area contributed by atoms with Gasteiger partial charge in [0.15, 0.2) is 5.96 Å². The number of amides is 11. The summed E-state index contributed by atoms with van der Waals surface area (Å²) in [5, 5.41) is 51.5. The van der Waals surface area contributed by atoms with Gasteiger partial charge in [-0.25, -0.2) is 9.36 Å². The van der Waals surface area contributed by atoms with Crippen molar-refractivity contribution >= 4 is 141 Å². The zero-order valence-electron chi connectivity index (χ0n) is 51.7.